The molecule has 1 saturated heterocycles. The molecule has 0 bridgehead atoms. The lowest BCUT2D eigenvalue weighted by Gasteiger charge is -2.44. The topological polar surface area (TPSA) is 71.5 Å². The van der Waals surface area contributed by atoms with Gasteiger partial charge in [0.1, 0.15) is 12.4 Å². The summed E-state index contributed by atoms with van der Waals surface area (Å²) in [6.45, 7) is 4.74. The number of aliphatic hydroxyl groups excluding tert-OH is 1. The predicted molar refractivity (Wildman–Crippen MR) is 108 cm³/mol. The molecule has 29 heavy (non-hydrogen) atoms. The van der Waals surface area contributed by atoms with Crippen molar-refractivity contribution in [2.45, 2.75) is 25.0 Å². The molecule has 0 aromatic heterocycles. The third kappa shape index (κ3) is 4.27. The minimum Gasteiger partial charge on any atom is -0.493 e. The summed E-state index contributed by atoms with van der Waals surface area (Å²) in [6, 6.07) is 7.23. The maximum atomic E-state index is 13.1. The quantitative estimate of drug-likeness (QED) is 0.801. The Morgan fingerprint density at radius 2 is 1.86 bits per heavy atom. The number of piperazine rings is 1. The van der Waals surface area contributed by atoms with Gasteiger partial charge in [0.05, 0.1) is 19.1 Å². The number of nitrogens with zero attached hydrogens (tertiary/aromatic N) is 2. The maximum absolute atomic E-state index is 13.1. The summed E-state index contributed by atoms with van der Waals surface area (Å²) in [5.74, 6) is 0.834. The molecule has 2 aliphatic heterocycles. The number of ketones is 1. The molecule has 1 N–H and O–H groups in total. The lowest BCUT2D eigenvalue weighted by atomic mass is 9.73. The number of allylic oxidation sites excluding steroid dienone is 1. The summed E-state index contributed by atoms with van der Waals surface area (Å²) in [4.78, 5) is 17.8. The number of ether oxygens (including phenoxy) is 3. The largest absolute Gasteiger partial charge is 0.493 e. The first-order valence-electron chi connectivity index (χ1n) is 10.4. The van der Waals surface area contributed by atoms with Crippen molar-refractivity contribution in [2.75, 3.05) is 46.9 Å². The SMILES string of the molecule is COc1ccccc1OC1=COC2C(CCC(O)C2CN2CCN(C)CC2)C1=O. The Balaban J connectivity index is 1.48. The van der Waals surface area contributed by atoms with Crippen molar-refractivity contribution in [3.8, 4) is 11.5 Å². The molecule has 0 amide bonds. The fourth-order valence-corrected chi connectivity index (χ4v) is 4.55. The van der Waals surface area contributed by atoms with Crippen LogP contribution in [0.25, 0.3) is 0 Å². The number of hydrogen-bond donors (Lipinski definition) is 1. The second-order valence-electron chi connectivity index (χ2n) is 8.22. The summed E-state index contributed by atoms with van der Waals surface area (Å²) in [5.41, 5.74) is 0. The average Bonchev–Trinajstić information content (AvgIpc) is 2.74. The molecule has 2 heterocycles. The van der Waals surface area contributed by atoms with E-state index in [0.717, 1.165) is 32.7 Å². The van der Waals surface area contributed by atoms with Crippen LogP contribution in [0, 0.1) is 11.8 Å². The van der Waals surface area contributed by atoms with E-state index in [4.69, 9.17) is 14.2 Å². The normalized spacial score (nSPS) is 30.9. The van der Waals surface area contributed by atoms with Crippen molar-refractivity contribution in [3.63, 3.8) is 0 Å². The summed E-state index contributed by atoms with van der Waals surface area (Å²) < 4.78 is 17.2. The molecule has 7 heteroatoms. The zero-order chi connectivity index (χ0) is 20.4. The first-order valence-corrected chi connectivity index (χ1v) is 10.4. The lowest BCUT2D eigenvalue weighted by Crippen LogP contribution is -2.54. The van der Waals surface area contributed by atoms with Gasteiger partial charge in [-0.3, -0.25) is 4.79 Å². The van der Waals surface area contributed by atoms with E-state index in [1.807, 2.05) is 12.1 Å². The van der Waals surface area contributed by atoms with E-state index >= 15 is 0 Å². The minimum atomic E-state index is -0.450. The van der Waals surface area contributed by atoms with Crippen molar-refractivity contribution in [3.05, 3.63) is 36.3 Å². The van der Waals surface area contributed by atoms with Crippen LogP contribution in [0.2, 0.25) is 0 Å². The zero-order valence-electron chi connectivity index (χ0n) is 17.1. The zero-order valence-corrected chi connectivity index (χ0v) is 17.1. The number of para-hydroxylation sites is 2. The number of likely N-dealkylation sites (N-methyl/N-ethyl adjacent to an activating group) is 1. The van der Waals surface area contributed by atoms with E-state index in [2.05, 4.69) is 16.8 Å². The molecular formula is C22H30N2O5. The van der Waals surface area contributed by atoms with Crippen molar-refractivity contribution >= 4 is 5.78 Å². The van der Waals surface area contributed by atoms with Crippen molar-refractivity contribution in [1.29, 1.82) is 0 Å². The van der Waals surface area contributed by atoms with E-state index in [0.29, 0.717) is 24.3 Å². The van der Waals surface area contributed by atoms with Crippen LogP contribution in [-0.2, 0) is 9.53 Å². The van der Waals surface area contributed by atoms with Gasteiger partial charge in [-0.05, 0) is 32.0 Å². The molecule has 1 aromatic rings. The number of Topliss-reactive ketones (excluding diaryl/α,β-unsaturated/α-hetero) is 1. The molecule has 7 nitrogen and oxygen atoms in total. The van der Waals surface area contributed by atoms with Crippen LogP contribution in [-0.4, -0.2) is 79.8 Å². The molecule has 1 aromatic carbocycles. The molecule has 2 fully saturated rings. The Hall–Kier alpha value is -2.09. The van der Waals surface area contributed by atoms with Crippen molar-refractivity contribution in [2.24, 2.45) is 11.8 Å². The first kappa shape index (κ1) is 20.2. The minimum absolute atomic E-state index is 0.0533. The van der Waals surface area contributed by atoms with Crippen LogP contribution in [0.3, 0.4) is 0 Å². The molecule has 4 unspecified atom stereocenters. The number of fused-ring (bicyclic) bond motifs is 1. The molecular weight excluding hydrogens is 372 g/mol. The van der Waals surface area contributed by atoms with Crippen molar-refractivity contribution in [1.82, 2.24) is 9.80 Å². The van der Waals surface area contributed by atoms with Gasteiger partial charge in [0.15, 0.2) is 11.5 Å². The number of hydrogen-bond acceptors (Lipinski definition) is 7. The van der Waals surface area contributed by atoms with Crippen LogP contribution in [0.15, 0.2) is 36.3 Å². The summed E-state index contributed by atoms with van der Waals surface area (Å²) in [5, 5.41) is 10.6. The molecule has 0 radical (unpaired) electrons. The van der Waals surface area contributed by atoms with Gasteiger partial charge in [0, 0.05) is 38.6 Å². The van der Waals surface area contributed by atoms with E-state index in [9.17, 15) is 9.90 Å². The highest BCUT2D eigenvalue weighted by Gasteiger charge is 2.47. The van der Waals surface area contributed by atoms with E-state index < -0.39 is 6.10 Å². The van der Waals surface area contributed by atoms with Crippen LogP contribution in [0.1, 0.15) is 12.8 Å². The van der Waals surface area contributed by atoms with Gasteiger partial charge in [-0.15, -0.1) is 0 Å². The van der Waals surface area contributed by atoms with Crippen LogP contribution < -0.4 is 9.47 Å². The van der Waals surface area contributed by atoms with E-state index in [-0.39, 0.29) is 29.5 Å². The van der Waals surface area contributed by atoms with Gasteiger partial charge in [-0.25, -0.2) is 0 Å². The Morgan fingerprint density at radius 3 is 2.59 bits per heavy atom. The fraction of sp³-hybridized carbons (Fsp3) is 0.591. The molecule has 4 rings (SSSR count). The highest BCUT2D eigenvalue weighted by Crippen LogP contribution is 2.39. The maximum Gasteiger partial charge on any atom is 0.208 e. The smallest absolute Gasteiger partial charge is 0.208 e. The Bertz CT molecular complexity index is 759. The summed E-state index contributed by atoms with van der Waals surface area (Å²) in [6.07, 6.45) is 1.88. The highest BCUT2D eigenvalue weighted by atomic mass is 16.5. The van der Waals surface area contributed by atoms with Gasteiger partial charge < -0.3 is 29.1 Å². The molecule has 158 valence electrons. The lowest BCUT2D eigenvalue weighted by molar-refractivity contribution is -0.140. The number of methoxy groups -OCH3 is 1. The van der Waals surface area contributed by atoms with Gasteiger partial charge in [-0.2, -0.15) is 0 Å². The number of benzene rings is 1. The monoisotopic (exact) mass is 402 g/mol. The van der Waals surface area contributed by atoms with Crippen LogP contribution in [0.5, 0.6) is 11.5 Å². The second kappa shape index (κ2) is 8.73. The predicted octanol–water partition coefficient (Wildman–Crippen LogP) is 1.52. The van der Waals surface area contributed by atoms with Gasteiger partial charge in [0.25, 0.3) is 0 Å². The fourth-order valence-electron chi connectivity index (χ4n) is 4.55. The number of carbonyl (C=O) groups excluding carboxylic acids is 1. The van der Waals surface area contributed by atoms with E-state index in [1.165, 1.54) is 6.26 Å². The summed E-state index contributed by atoms with van der Waals surface area (Å²) in [7, 11) is 3.69. The van der Waals surface area contributed by atoms with E-state index in [1.54, 1.807) is 19.2 Å². The molecule has 0 spiro atoms. The van der Waals surface area contributed by atoms with Gasteiger partial charge >= 0.3 is 0 Å². The first-order chi connectivity index (χ1) is 14.1. The third-order valence-corrected chi connectivity index (χ3v) is 6.35. The Morgan fingerprint density at radius 1 is 1.14 bits per heavy atom. The Labute approximate surface area is 171 Å². The van der Waals surface area contributed by atoms with Gasteiger partial charge in [0.2, 0.25) is 11.5 Å². The average molecular weight is 402 g/mol. The molecule has 3 aliphatic rings. The third-order valence-electron chi connectivity index (χ3n) is 6.35. The van der Waals surface area contributed by atoms with Crippen LogP contribution in [0.4, 0.5) is 0 Å². The van der Waals surface area contributed by atoms with Crippen molar-refractivity contribution < 1.29 is 24.1 Å². The van der Waals surface area contributed by atoms with Gasteiger partial charge in [-0.1, -0.05) is 12.1 Å². The molecule has 1 aliphatic carbocycles. The van der Waals surface area contributed by atoms with Crippen LogP contribution >= 0.6 is 0 Å². The number of rotatable bonds is 5. The molecule has 4 atom stereocenters. The standard InChI is InChI=1S/C22H30N2O5/c1-23-9-11-24(12-10-23)13-16-17(25)8-7-15-21(26)20(14-28-22(15)16)29-19-6-4-3-5-18(19)27-2/h3-6,14-17,22,25H,7-13H2,1-2H3. The summed E-state index contributed by atoms with van der Waals surface area (Å²) >= 11 is 0. The number of aliphatic hydroxyl groups is 1. The molecule has 1 saturated carbocycles. The second-order valence-corrected chi connectivity index (χ2v) is 8.22. The number of carbonyl (C=O) groups is 1. The Kier molecular flexibility index (Phi) is 6.08. The highest BCUT2D eigenvalue weighted by molar-refractivity contribution is 5.96.